The van der Waals surface area contributed by atoms with Crippen LogP contribution in [0.5, 0.6) is 0 Å². The molecule has 0 fully saturated rings. The lowest BCUT2D eigenvalue weighted by Gasteiger charge is -2.07. The summed E-state index contributed by atoms with van der Waals surface area (Å²) in [7, 11) is 0. The van der Waals surface area contributed by atoms with Crippen LogP contribution < -0.4 is 5.73 Å². The monoisotopic (exact) mass is 230 g/mol. The fraction of sp³-hybridized carbons (Fsp3) is 0.143. The molecule has 16 heavy (non-hydrogen) atoms. The fourth-order valence-corrected chi connectivity index (χ4v) is 1.88. The van der Waals surface area contributed by atoms with E-state index in [0.717, 1.165) is 21.7 Å². The van der Waals surface area contributed by atoms with Crippen LogP contribution >= 0.6 is 11.6 Å². The van der Waals surface area contributed by atoms with Gasteiger partial charge in [-0.05, 0) is 53.4 Å². The van der Waals surface area contributed by atoms with E-state index in [9.17, 15) is 0 Å². The smallest absolute Gasteiger partial charge is 0.0412 e. The summed E-state index contributed by atoms with van der Waals surface area (Å²) in [5.41, 5.74) is 10.1. The van der Waals surface area contributed by atoms with Crippen molar-refractivity contribution in [2.24, 2.45) is 5.73 Å². The standard InChI is InChI=1S/C14H13ClN/c1-10-5-6-13(15)8-14(10)12-4-2-3-11(7-12)9-16/h2,4-8H,9,16H2,1H3. The lowest BCUT2D eigenvalue weighted by atomic mass is 9.99. The van der Waals surface area contributed by atoms with Gasteiger partial charge in [-0.15, -0.1) is 0 Å². The van der Waals surface area contributed by atoms with Crippen molar-refractivity contribution in [2.75, 3.05) is 0 Å². The van der Waals surface area contributed by atoms with Gasteiger partial charge in [-0.2, -0.15) is 0 Å². The van der Waals surface area contributed by atoms with E-state index in [1.54, 1.807) is 0 Å². The van der Waals surface area contributed by atoms with Crippen LogP contribution in [0.2, 0.25) is 5.02 Å². The molecule has 0 atom stereocenters. The van der Waals surface area contributed by atoms with Crippen molar-refractivity contribution in [3.63, 3.8) is 0 Å². The van der Waals surface area contributed by atoms with Crippen molar-refractivity contribution >= 4 is 11.6 Å². The van der Waals surface area contributed by atoms with Crippen LogP contribution in [0.3, 0.4) is 0 Å². The number of hydrogen-bond donors (Lipinski definition) is 1. The molecule has 2 aromatic carbocycles. The van der Waals surface area contributed by atoms with E-state index in [4.69, 9.17) is 17.3 Å². The van der Waals surface area contributed by atoms with Gasteiger partial charge in [0.25, 0.3) is 0 Å². The van der Waals surface area contributed by atoms with E-state index in [1.165, 1.54) is 5.56 Å². The average Bonchev–Trinajstić information content (AvgIpc) is 2.32. The van der Waals surface area contributed by atoms with E-state index in [0.29, 0.717) is 6.54 Å². The highest BCUT2D eigenvalue weighted by Crippen LogP contribution is 2.26. The molecule has 1 radical (unpaired) electrons. The number of benzene rings is 2. The normalized spacial score (nSPS) is 10.4. The molecule has 0 aliphatic heterocycles. The molecule has 0 aliphatic carbocycles. The summed E-state index contributed by atoms with van der Waals surface area (Å²) in [6.07, 6.45) is 0. The summed E-state index contributed by atoms with van der Waals surface area (Å²) in [6.45, 7) is 2.58. The molecule has 2 rings (SSSR count). The lowest BCUT2D eigenvalue weighted by molar-refractivity contribution is 1.07. The first-order valence-electron chi connectivity index (χ1n) is 5.18. The Bertz CT molecular complexity index is 506. The van der Waals surface area contributed by atoms with Crippen LogP contribution in [0.4, 0.5) is 0 Å². The molecular formula is C14H13ClN. The van der Waals surface area contributed by atoms with Gasteiger partial charge in [0.05, 0.1) is 0 Å². The first-order valence-corrected chi connectivity index (χ1v) is 5.55. The molecule has 0 aliphatic rings. The highest BCUT2D eigenvalue weighted by Gasteiger charge is 2.03. The van der Waals surface area contributed by atoms with E-state index < -0.39 is 0 Å². The molecule has 0 saturated heterocycles. The van der Waals surface area contributed by atoms with Gasteiger partial charge in [0.2, 0.25) is 0 Å². The van der Waals surface area contributed by atoms with Gasteiger partial charge < -0.3 is 5.73 Å². The molecule has 0 aromatic heterocycles. The molecule has 0 bridgehead atoms. The molecule has 0 amide bonds. The van der Waals surface area contributed by atoms with Gasteiger partial charge in [0.1, 0.15) is 0 Å². The van der Waals surface area contributed by atoms with Gasteiger partial charge in [-0.1, -0.05) is 29.8 Å². The Morgan fingerprint density at radius 1 is 1.25 bits per heavy atom. The minimum atomic E-state index is 0.507. The van der Waals surface area contributed by atoms with Gasteiger partial charge in [0, 0.05) is 11.6 Å². The maximum atomic E-state index is 6.01. The van der Waals surface area contributed by atoms with Crippen LogP contribution in [0.15, 0.2) is 36.4 Å². The fourth-order valence-electron chi connectivity index (χ4n) is 1.71. The maximum absolute atomic E-state index is 6.01. The summed E-state index contributed by atoms with van der Waals surface area (Å²) in [6, 6.07) is 15.0. The van der Waals surface area contributed by atoms with Gasteiger partial charge in [-0.3, -0.25) is 0 Å². The highest BCUT2D eigenvalue weighted by atomic mass is 35.5. The van der Waals surface area contributed by atoms with Gasteiger partial charge >= 0.3 is 0 Å². The van der Waals surface area contributed by atoms with Crippen LogP contribution in [0, 0.1) is 13.0 Å². The second-order valence-corrected chi connectivity index (χ2v) is 4.20. The van der Waals surface area contributed by atoms with Crippen LogP contribution in [-0.2, 0) is 6.54 Å². The largest absolute Gasteiger partial charge is 0.326 e. The van der Waals surface area contributed by atoms with E-state index in [-0.39, 0.29) is 0 Å². The molecule has 2 N–H and O–H groups in total. The average molecular weight is 231 g/mol. The minimum absolute atomic E-state index is 0.507. The van der Waals surface area contributed by atoms with Crippen molar-refractivity contribution in [3.05, 3.63) is 58.6 Å². The number of nitrogens with two attached hydrogens (primary N) is 1. The van der Waals surface area contributed by atoms with Crippen LogP contribution in [-0.4, -0.2) is 0 Å². The predicted molar refractivity (Wildman–Crippen MR) is 68.4 cm³/mol. The molecule has 0 saturated carbocycles. The van der Waals surface area contributed by atoms with E-state index in [2.05, 4.69) is 19.1 Å². The zero-order valence-corrected chi connectivity index (χ0v) is 9.88. The third kappa shape index (κ3) is 2.26. The second-order valence-electron chi connectivity index (χ2n) is 3.77. The number of hydrogen-bond acceptors (Lipinski definition) is 1. The summed E-state index contributed by atoms with van der Waals surface area (Å²) in [5.74, 6) is 0. The lowest BCUT2D eigenvalue weighted by Crippen LogP contribution is -1.96. The summed E-state index contributed by atoms with van der Waals surface area (Å²) >= 11 is 6.01. The van der Waals surface area contributed by atoms with E-state index in [1.807, 2.05) is 30.3 Å². The molecular weight excluding hydrogens is 218 g/mol. The number of halogens is 1. The zero-order chi connectivity index (χ0) is 11.5. The van der Waals surface area contributed by atoms with Crippen LogP contribution in [0.25, 0.3) is 11.1 Å². The molecule has 1 nitrogen and oxygen atoms in total. The van der Waals surface area contributed by atoms with Crippen LogP contribution in [0.1, 0.15) is 11.1 Å². The van der Waals surface area contributed by atoms with Gasteiger partial charge in [-0.25, -0.2) is 0 Å². The van der Waals surface area contributed by atoms with Crippen molar-refractivity contribution < 1.29 is 0 Å². The first-order chi connectivity index (χ1) is 7.70. The molecule has 81 valence electrons. The Kier molecular flexibility index (Phi) is 3.28. The number of aryl methyl sites for hydroxylation is 1. The third-order valence-electron chi connectivity index (χ3n) is 2.59. The quantitative estimate of drug-likeness (QED) is 0.839. The molecule has 2 aromatic rings. The third-order valence-corrected chi connectivity index (χ3v) is 2.83. The highest BCUT2D eigenvalue weighted by molar-refractivity contribution is 6.30. The number of rotatable bonds is 2. The Balaban J connectivity index is 2.53. The zero-order valence-electron chi connectivity index (χ0n) is 9.13. The van der Waals surface area contributed by atoms with Gasteiger partial charge in [0.15, 0.2) is 0 Å². The molecule has 0 unspecified atom stereocenters. The molecule has 2 heteroatoms. The minimum Gasteiger partial charge on any atom is -0.326 e. The Labute approximate surface area is 101 Å². The van der Waals surface area contributed by atoms with Crippen molar-refractivity contribution in [2.45, 2.75) is 13.5 Å². The first kappa shape index (κ1) is 11.2. The SMILES string of the molecule is Cc1ccc(Cl)cc1-c1cc[c]c(CN)c1. The summed E-state index contributed by atoms with van der Waals surface area (Å²) in [5, 5.41) is 0.753. The van der Waals surface area contributed by atoms with Crippen molar-refractivity contribution in [3.8, 4) is 11.1 Å². The second kappa shape index (κ2) is 4.69. The van der Waals surface area contributed by atoms with E-state index >= 15 is 0 Å². The predicted octanol–water partition coefficient (Wildman–Crippen LogP) is 3.57. The van der Waals surface area contributed by atoms with Crippen molar-refractivity contribution in [1.29, 1.82) is 0 Å². The topological polar surface area (TPSA) is 26.0 Å². The summed E-state index contributed by atoms with van der Waals surface area (Å²) < 4.78 is 0. The Hall–Kier alpha value is -1.31. The molecule has 0 spiro atoms. The Morgan fingerprint density at radius 2 is 2.06 bits per heavy atom. The Morgan fingerprint density at radius 3 is 2.81 bits per heavy atom. The maximum Gasteiger partial charge on any atom is 0.0412 e. The molecule has 0 heterocycles. The van der Waals surface area contributed by atoms with Crippen molar-refractivity contribution in [1.82, 2.24) is 0 Å². The summed E-state index contributed by atoms with van der Waals surface area (Å²) in [4.78, 5) is 0.